The van der Waals surface area contributed by atoms with E-state index in [0.717, 1.165) is 0 Å². The van der Waals surface area contributed by atoms with E-state index in [4.69, 9.17) is 16.3 Å². The molecular formula is C6H7ClO2. The lowest BCUT2D eigenvalue weighted by atomic mass is 10.2. The molecule has 0 aliphatic carbocycles. The number of ether oxygens (including phenoxy) is 1. The van der Waals surface area contributed by atoms with Crippen LogP contribution in [-0.4, -0.2) is 23.9 Å². The van der Waals surface area contributed by atoms with Crippen LogP contribution in [0.5, 0.6) is 0 Å². The Labute approximate surface area is 58.4 Å². The third kappa shape index (κ3) is 1.53. The summed E-state index contributed by atoms with van der Waals surface area (Å²) in [5.41, 5.74) is 0. The van der Waals surface area contributed by atoms with Crippen LogP contribution in [0.4, 0.5) is 0 Å². The maximum atomic E-state index is 10.7. The predicted octanol–water partition coefficient (Wildman–Crippen LogP) is 0.748. The molecule has 0 radical (unpaired) electrons. The highest BCUT2D eigenvalue weighted by molar-refractivity contribution is 6.33. The molecule has 1 fully saturated rings. The van der Waals surface area contributed by atoms with Crippen LogP contribution in [0.3, 0.4) is 0 Å². The third-order valence-electron chi connectivity index (χ3n) is 1.16. The average Bonchev–Trinajstić information content (AvgIpc) is 2.66. The quantitative estimate of drug-likeness (QED) is 0.334. The van der Waals surface area contributed by atoms with Crippen molar-refractivity contribution in [2.24, 2.45) is 0 Å². The second-order valence-electron chi connectivity index (χ2n) is 1.88. The van der Waals surface area contributed by atoms with E-state index in [2.05, 4.69) is 6.58 Å². The van der Waals surface area contributed by atoms with E-state index in [1.807, 2.05) is 0 Å². The Balaban J connectivity index is 2.39. The number of hydrogen-bond donors (Lipinski definition) is 0. The monoisotopic (exact) mass is 146 g/mol. The zero-order chi connectivity index (χ0) is 6.85. The molecule has 1 rings (SSSR count). The Morgan fingerprint density at radius 3 is 2.89 bits per heavy atom. The number of alkyl halides is 1. The van der Waals surface area contributed by atoms with Gasteiger partial charge < -0.3 is 4.74 Å². The number of epoxide rings is 1. The highest BCUT2D eigenvalue weighted by Gasteiger charge is 2.34. The van der Waals surface area contributed by atoms with E-state index in [1.54, 1.807) is 0 Å². The van der Waals surface area contributed by atoms with Crippen LogP contribution in [0.15, 0.2) is 12.7 Å². The molecule has 50 valence electrons. The number of rotatable bonds is 3. The Hall–Kier alpha value is -0.340. The molecule has 0 saturated carbocycles. The van der Waals surface area contributed by atoms with Crippen LogP contribution in [-0.2, 0) is 9.53 Å². The van der Waals surface area contributed by atoms with Gasteiger partial charge >= 0.3 is 0 Å². The lowest BCUT2D eigenvalue weighted by Gasteiger charge is -1.96. The first-order chi connectivity index (χ1) is 4.25. The van der Waals surface area contributed by atoms with Crippen molar-refractivity contribution in [2.45, 2.75) is 11.5 Å². The predicted molar refractivity (Wildman–Crippen MR) is 34.6 cm³/mol. The molecule has 2 atom stereocenters. The largest absolute Gasteiger partial charge is 0.371 e. The first-order valence-corrected chi connectivity index (χ1v) is 3.11. The zero-order valence-corrected chi connectivity index (χ0v) is 5.60. The van der Waals surface area contributed by atoms with Crippen molar-refractivity contribution < 1.29 is 9.53 Å². The summed E-state index contributed by atoms with van der Waals surface area (Å²) in [6.07, 6.45) is 1.16. The molecule has 3 heteroatoms. The second-order valence-corrected chi connectivity index (χ2v) is 2.35. The van der Waals surface area contributed by atoms with Crippen molar-refractivity contribution in [3.05, 3.63) is 12.7 Å². The first-order valence-electron chi connectivity index (χ1n) is 2.67. The molecule has 1 heterocycles. The van der Waals surface area contributed by atoms with E-state index in [-0.39, 0.29) is 11.9 Å². The number of hydrogen-bond acceptors (Lipinski definition) is 2. The molecule has 2 nitrogen and oxygen atoms in total. The van der Waals surface area contributed by atoms with Gasteiger partial charge in [-0.25, -0.2) is 0 Å². The highest BCUT2D eigenvalue weighted by Crippen LogP contribution is 2.19. The van der Waals surface area contributed by atoms with Gasteiger partial charge in [-0.3, -0.25) is 4.79 Å². The van der Waals surface area contributed by atoms with E-state index in [1.165, 1.54) is 6.08 Å². The molecule has 0 bridgehead atoms. The fraction of sp³-hybridized carbons (Fsp3) is 0.500. The number of ketones is 1. The summed E-state index contributed by atoms with van der Waals surface area (Å²) in [4.78, 5) is 10.7. The summed E-state index contributed by atoms with van der Waals surface area (Å²) in [5.74, 6) is -0.154. The minimum atomic E-state index is -0.512. The van der Waals surface area contributed by atoms with Gasteiger partial charge in [-0.05, 0) is 6.08 Å². The zero-order valence-electron chi connectivity index (χ0n) is 4.84. The van der Waals surface area contributed by atoms with Crippen molar-refractivity contribution in [1.82, 2.24) is 0 Å². The van der Waals surface area contributed by atoms with Crippen LogP contribution in [0, 0.1) is 0 Å². The fourth-order valence-corrected chi connectivity index (χ4v) is 0.755. The molecule has 0 aromatic carbocycles. The molecule has 9 heavy (non-hydrogen) atoms. The molecule has 0 spiro atoms. The van der Waals surface area contributed by atoms with Crippen LogP contribution >= 0.6 is 11.6 Å². The fourth-order valence-electron chi connectivity index (χ4n) is 0.520. The van der Waals surface area contributed by atoms with Gasteiger partial charge in [0.25, 0.3) is 0 Å². The van der Waals surface area contributed by atoms with Crippen molar-refractivity contribution in [1.29, 1.82) is 0 Å². The van der Waals surface area contributed by atoms with Crippen LogP contribution in [0.25, 0.3) is 0 Å². The van der Waals surface area contributed by atoms with Gasteiger partial charge in [0.05, 0.1) is 6.61 Å². The van der Waals surface area contributed by atoms with Gasteiger partial charge in [-0.15, -0.1) is 11.6 Å². The molecular weight excluding hydrogens is 140 g/mol. The minimum Gasteiger partial charge on any atom is -0.371 e. The lowest BCUT2D eigenvalue weighted by molar-refractivity contribution is -0.114. The van der Waals surface area contributed by atoms with Gasteiger partial charge in [0.2, 0.25) is 0 Å². The number of allylic oxidation sites excluding steroid dienone is 1. The topological polar surface area (TPSA) is 29.6 Å². The van der Waals surface area contributed by atoms with Crippen molar-refractivity contribution in [3.8, 4) is 0 Å². The van der Waals surface area contributed by atoms with E-state index < -0.39 is 5.38 Å². The molecule has 1 saturated heterocycles. The molecule has 0 N–H and O–H groups in total. The van der Waals surface area contributed by atoms with Crippen molar-refractivity contribution >= 4 is 17.4 Å². The number of carbonyl (C=O) groups excluding carboxylic acids is 1. The minimum absolute atomic E-state index is 0.0582. The van der Waals surface area contributed by atoms with E-state index in [0.29, 0.717) is 6.61 Å². The summed E-state index contributed by atoms with van der Waals surface area (Å²) in [7, 11) is 0. The van der Waals surface area contributed by atoms with Crippen LogP contribution < -0.4 is 0 Å². The summed E-state index contributed by atoms with van der Waals surface area (Å²) in [6, 6.07) is 0. The maximum absolute atomic E-state index is 10.7. The maximum Gasteiger partial charge on any atom is 0.175 e. The van der Waals surface area contributed by atoms with Crippen molar-refractivity contribution in [3.63, 3.8) is 0 Å². The van der Waals surface area contributed by atoms with Gasteiger partial charge in [0.1, 0.15) is 11.5 Å². The van der Waals surface area contributed by atoms with Gasteiger partial charge in [-0.1, -0.05) is 6.58 Å². The smallest absolute Gasteiger partial charge is 0.175 e. The molecule has 0 aromatic rings. The Morgan fingerprint density at radius 2 is 2.56 bits per heavy atom. The van der Waals surface area contributed by atoms with Crippen LogP contribution in [0.1, 0.15) is 0 Å². The summed E-state index contributed by atoms with van der Waals surface area (Å²) in [5, 5.41) is -0.512. The first kappa shape index (κ1) is 6.78. The molecule has 1 aliphatic rings. The third-order valence-corrected chi connectivity index (χ3v) is 1.65. The molecule has 0 amide bonds. The van der Waals surface area contributed by atoms with Gasteiger partial charge in [0, 0.05) is 0 Å². The number of carbonyl (C=O) groups is 1. The Morgan fingerprint density at radius 1 is 2.00 bits per heavy atom. The average molecular weight is 147 g/mol. The van der Waals surface area contributed by atoms with E-state index >= 15 is 0 Å². The lowest BCUT2D eigenvalue weighted by Crippen LogP contribution is -2.17. The second kappa shape index (κ2) is 2.50. The van der Waals surface area contributed by atoms with Crippen molar-refractivity contribution in [2.75, 3.05) is 6.61 Å². The van der Waals surface area contributed by atoms with Crippen LogP contribution in [0.2, 0.25) is 0 Å². The van der Waals surface area contributed by atoms with Gasteiger partial charge in [-0.2, -0.15) is 0 Å². The highest BCUT2D eigenvalue weighted by atomic mass is 35.5. The van der Waals surface area contributed by atoms with Gasteiger partial charge in [0.15, 0.2) is 5.78 Å². The summed E-state index contributed by atoms with van der Waals surface area (Å²) < 4.78 is 4.79. The SMILES string of the molecule is C=CC(=O)C(Cl)C1CO1. The standard InChI is InChI=1S/C6H7ClO2/c1-2-4(8)6(7)5-3-9-5/h2,5-6H,1,3H2. The Kier molecular flexibility index (Phi) is 1.88. The summed E-state index contributed by atoms with van der Waals surface area (Å²) >= 11 is 5.58. The molecule has 0 aromatic heterocycles. The normalized spacial score (nSPS) is 27.0. The van der Waals surface area contributed by atoms with E-state index in [9.17, 15) is 4.79 Å². The molecule has 2 unspecified atom stereocenters. The summed E-state index contributed by atoms with van der Waals surface area (Å²) in [6.45, 7) is 3.91. The molecule has 1 aliphatic heterocycles. The number of halogens is 1. The Bertz CT molecular complexity index is 140.